The minimum atomic E-state index is 0.426. The molecule has 0 bridgehead atoms. The van der Waals surface area contributed by atoms with Crippen molar-refractivity contribution in [2.75, 3.05) is 32.5 Å². The molecule has 0 unspecified atom stereocenters. The van der Waals surface area contributed by atoms with Crippen LogP contribution in [0, 0.1) is 3.57 Å². The Labute approximate surface area is 124 Å². The van der Waals surface area contributed by atoms with Gasteiger partial charge in [-0.15, -0.1) is 0 Å². The summed E-state index contributed by atoms with van der Waals surface area (Å²) >= 11 is 2.34. The van der Waals surface area contributed by atoms with Gasteiger partial charge in [0.2, 0.25) is 0 Å². The molecule has 102 valence electrons. The Kier molecular flexibility index (Phi) is 6.28. The minimum Gasteiger partial charge on any atom is -0.369 e. The smallest absolute Gasteiger partial charge is 0.143 e. The molecule has 4 nitrogen and oxygen atoms in total. The summed E-state index contributed by atoms with van der Waals surface area (Å²) in [5, 5.41) is 3.33. The number of anilines is 1. The van der Waals surface area contributed by atoms with E-state index in [4.69, 9.17) is 4.98 Å². The first-order valence-corrected chi connectivity index (χ1v) is 7.48. The monoisotopic (exact) mass is 362 g/mol. The maximum absolute atomic E-state index is 4.70. The third-order valence-electron chi connectivity index (χ3n) is 2.60. The largest absolute Gasteiger partial charge is 0.369 e. The van der Waals surface area contributed by atoms with Crippen molar-refractivity contribution < 1.29 is 0 Å². The summed E-state index contributed by atoms with van der Waals surface area (Å²) < 4.78 is 1.15. The van der Waals surface area contributed by atoms with Crippen molar-refractivity contribution in [2.45, 2.75) is 33.1 Å². The fourth-order valence-electron chi connectivity index (χ4n) is 1.62. The number of rotatable bonds is 6. The predicted octanol–water partition coefficient (Wildman–Crippen LogP) is 2.74. The molecule has 0 fully saturated rings. The first kappa shape index (κ1) is 15.6. The Balaban J connectivity index is 3.04. The molecule has 0 aliphatic rings. The Morgan fingerprint density at radius 3 is 2.44 bits per heavy atom. The van der Waals surface area contributed by atoms with Crippen molar-refractivity contribution in [3.05, 3.63) is 15.1 Å². The van der Waals surface area contributed by atoms with Crippen LogP contribution in [0.15, 0.2) is 0 Å². The van der Waals surface area contributed by atoms with E-state index < -0.39 is 0 Å². The molecule has 18 heavy (non-hydrogen) atoms. The van der Waals surface area contributed by atoms with Gasteiger partial charge < -0.3 is 10.2 Å². The van der Waals surface area contributed by atoms with Crippen molar-refractivity contribution in [2.24, 2.45) is 0 Å². The van der Waals surface area contributed by atoms with Gasteiger partial charge in [-0.05, 0) is 49.5 Å². The van der Waals surface area contributed by atoms with Crippen LogP contribution in [0.5, 0.6) is 0 Å². The number of halogens is 1. The molecule has 0 aliphatic carbocycles. The number of aromatic nitrogens is 2. The lowest BCUT2D eigenvalue weighted by Gasteiger charge is -2.15. The fourth-order valence-corrected chi connectivity index (χ4v) is 2.67. The molecule has 0 aliphatic heterocycles. The quantitative estimate of drug-likeness (QED) is 0.791. The van der Waals surface area contributed by atoms with Gasteiger partial charge in [0.25, 0.3) is 0 Å². The minimum absolute atomic E-state index is 0.426. The number of likely N-dealkylation sites (N-methyl/N-ethyl adjacent to an activating group) is 1. The predicted molar refractivity (Wildman–Crippen MR) is 85.3 cm³/mol. The zero-order valence-corrected chi connectivity index (χ0v) is 14.1. The standard InChI is InChI=1S/C13H23IN4/c1-6-15-13-11(14)12(9(2)3)16-10(17-13)7-8-18(4)5/h9H,6-8H2,1-5H3,(H,15,16,17). The van der Waals surface area contributed by atoms with E-state index in [0.29, 0.717) is 5.92 Å². The van der Waals surface area contributed by atoms with E-state index in [0.717, 1.165) is 40.4 Å². The molecule has 0 saturated heterocycles. The Morgan fingerprint density at radius 1 is 1.28 bits per heavy atom. The van der Waals surface area contributed by atoms with Crippen LogP contribution < -0.4 is 5.32 Å². The van der Waals surface area contributed by atoms with Crippen molar-refractivity contribution in [1.82, 2.24) is 14.9 Å². The molecule has 1 N–H and O–H groups in total. The van der Waals surface area contributed by atoms with Crippen LogP contribution in [0.25, 0.3) is 0 Å². The number of hydrogen-bond donors (Lipinski definition) is 1. The second kappa shape index (κ2) is 7.23. The molecule has 0 atom stereocenters. The second-order valence-corrected chi connectivity index (χ2v) is 6.00. The number of hydrogen-bond acceptors (Lipinski definition) is 4. The van der Waals surface area contributed by atoms with Crippen LogP contribution in [-0.2, 0) is 6.42 Å². The van der Waals surface area contributed by atoms with Crippen LogP contribution >= 0.6 is 22.6 Å². The molecule has 5 heteroatoms. The summed E-state index contributed by atoms with van der Waals surface area (Å²) in [6, 6.07) is 0. The highest BCUT2D eigenvalue weighted by Gasteiger charge is 2.14. The molecule has 0 radical (unpaired) electrons. The molecular formula is C13H23IN4. The molecule has 0 aromatic carbocycles. The van der Waals surface area contributed by atoms with Gasteiger partial charge in [-0.25, -0.2) is 9.97 Å². The van der Waals surface area contributed by atoms with Crippen molar-refractivity contribution >= 4 is 28.4 Å². The van der Waals surface area contributed by atoms with Gasteiger partial charge in [-0.2, -0.15) is 0 Å². The fraction of sp³-hybridized carbons (Fsp3) is 0.692. The van der Waals surface area contributed by atoms with Gasteiger partial charge in [0.15, 0.2) is 0 Å². The summed E-state index contributed by atoms with van der Waals surface area (Å²) in [7, 11) is 4.14. The van der Waals surface area contributed by atoms with Crippen LogP contribution in [0.4, 0.5) is 5.82 Å². The lowest BCUT2D eigenvalue weighted by Crippen LogP contribution is -2.18. The first-order valence-electron chi connectivity index (χ1n) is 6.40. The van der Waals surface area contributed by atoms with Crippen LogP contribution in [0.3, 0.4) is 0 Å². The van der Waals surface area contributed by atoms with Gasteiger partial charge in [-0.3, -0.25) is 0 Å². The van der Waals surface area contributed by atoms with Gasteiger partial charge in [0.1, 0.15) is 11.6 Å². The van der Waals surface area contributed by atoms with Gasteiger partial charge >= 0.3 is 0 Å². The van der Waals surface area contributed by atoms with Crippen LogP contribution in [-0.4, -0.2) is 42.1 Å². The molecule has 1 aromatic rings. The van der Waals surface area contributed by atoms with E-state index in [1.165, 1.54) is 0 Å². The van der Waals surface area contributed by atoms with E-state index in [1.807, 2.05) is 0 Å². The highest BCUT2D eigenvalue weighted by atomic mass is 127. The summed E-state index contributed by atoms with van der Waals surface area (Å²) in [6.45, 7) is 8.31. The SMILES string of the molecule is CCNc1nc(CCN(C)C)nc(C(C)C)c1I. The van der Waals surface area contributed by atoms with Crippen LogP contribution in [0.2, 0.25) is 0 Å². The normalized spacial score (nSPS) is 11.3. The van der Waals surface area contributed by atoms with Crippen molar-refractivity contribution in [3.63, 3.8) is 0 Å². The Bertz CT molecular complexity index is 391. The van der Waals surface area contributed by atoms with E-state index in [9.17, 15) is 0 Å². The Morgan fingerprint density at radius 2 is 1.94 bits per heavy atom. The van der Waals surface area contributed by atoms with Crippen molar-refractivity contribution in [3.8, 4) is 0 Å². The van der Waals surface area contributed by atoms with E-state index >= 15 is 0 Å². The van der Waals surface area contributed by atoms with Gasteiger partial charge in [0.05, 0.1) is 9.26 Å². The second-order valence-electron chi connectivity index (χ2n) is 4.93. The lowest BCUT2D eigenvalue weighted by molar-refractivity contribution is 0.409. The highest BCUT2D eigenvalue weighted by Crippen LogP contribution is 2.25. The zero-order chi connectivity index (χ0) is 13.7. The molecule has 0 saturated carbocycles. The van der Waals surface area contributed by atoms with E-state index in [1.54, 1.807) is 0 Å². The average molecular weight is 362 g/mol. The van der Waals surface area contributed by atoms with E-state index in [-0.39, 0.29) is 0 Å². The first-order chi connectivity index (χ1) is 8.45. The topological polar surface area (TPSA) is 41.1 Å². The number of nitrogens with zero attached hydrogens (tertiary/aromatic N) is 3. The number of nitrogens with one attached hydrogen (secondary N) is 1. The van der Waals surface area contributed by atoms with Gasteiger partial charge in [-0.1, -0.05) is 13.8 Å². The summed E-state index contributed by atoms with van der Waals surface area (Å²) in [5.41, 5.74) is 1.15. The molecule has 1 rings (SSSR count). The maximum Gasteiger partial charge on any atom is 0.143 e. The average Bonchev–Trinajstić information content (AvgIpc) is 2.29. The van der Waals surface area contributed by atoms with Gasteiger partial charge in [0, 0.05) is 19.5 Å². The molecule has 0 spiro atoms. The third-order valence-corrected chi connectivity index (χ3v) is 3.66. The lowest BCUT2D eigenvalue weighted by atomic mass is 10.1. The third kappa shape index (κ3) is 4.35. The maximum atomic E-state index is 4.70. The molecule has 0 amide bonds. The van der Waals surface area contributed by atoms with Crippen LogP contribution in [0.1, 0.15) is 38.2 Å². The zero-order valence-electron chi connectivity index (χ0n) is 11.9. The molecule has 1 aromatic heterocycles. The molecule has 1 heterocycles. The summed E-state index contributed by atoms with van der Waals surface area (Å²) in [6.07, 6.45) is 0.891. The van der Waals surface area contributed by atoms with E-state index in [2.05, 4.69) is 72.7 Å². The molecular weight excluding hydrogens is 339 g/mol. The van der Waals surface area contributed by atoms with Crippen molar-refractivity contribution in [1.29, 1.82) is 0 Å². The Hall–Kier alpha value is -0.430. The highest BCUT2D eigenvalue weighted by molar-refractivity contribution is 14.1. The summed E-state index contributed by atoms with van der Waals surface area (Å²) in [4.78, 5) is 11.5. The summed E-state index contributed by atoms with van der Waals surface area (Å²) in [5.74, 6) is 2.34.